The van der Waals surface area contributed by atoms with E-state index in [2.05, 4.69) is 0 Å². The minimum Gasteiger partial charge on any atom is -0.478 e. The van der Waals surface area contributed by atoms with Gasteiger partial charge in [0.15, 0.2) is 0 Å². The highest BCUT2D eigenvalue weighted by Crippen LogP contribution is 2.37. The Morgan fingerprint density at radius 2 is 1.50 bits per heavy atom. The molecule has 0 saturated heterocycles. The summed E-state index contributed by atoms with van der Waals surface area (Å²) in [4.78, 5) is 11.5. The van der Waals surface area contributed by atoms with Gasteiger partial charge in [-0.1, -0.05) is 13.8 Å². The summed E-state index contributed by atoms with van der Waals surface area (Å²) in [7, 11) is 0. The minimum absolute atomic E-state index is 0.0817. The van der Waals surface area contributed by atoms with Crippen molar-refractivity contribution in [1.29, 1.82) is 0 Å². The van der Waals surface area contributed by atoms with Crippen LogP contribution in [0.3, 0.4) is 0 Å². The first-order chi connectivity index (χ1) is 12.0. The lowest BCUT2D eigenvalue weighted by Gasteiger charge is -2.28. The van der Waals surface area contributed by atoms with Gasteiger partial charge in [-0.25, -0.2) is 9.18 Å². The van der Waals surface area contributed by atoms with Gasteiger partial charge in [-0.05, 0) is 61.4 Å². The predicted molar refractivity (Wildman–Crippen MR) is 92.0 cm³/mol. The summed E-state index contributed by atoms with van der Waals surface area (Å²) < 4.78 is 47.6. The molecule has 0 radical (unpaired) electrons. The van der Waals surface area contributed by atoms with E-state index in [1.165, 1.54) is 31.2 Å². The van der Waals surface area contributed by atoms with Gasteiger partial charge in [0, 0.05) is 17.5 Å². The monoisotopic (exact) mass is 366 g/mol. The largest absolute Gasteiger partial charge is 0.478 e. The zero-order chi connectivity index (χ0) is 19.5. The molecule has 1 N–H and O–H groups in total. The smallest absolute Gasteiger partial charge is 0.347 e. The van der Waals surface area contributed by atoms with Crippen LogP contribution < -0.4 is 4.74 Å². The maximum absolute atomic E-state index is 14.5. The molecule has 0 aliphatic rings. The number of hydrogen-bond acceptors (Lipinski definition) is 2. The first kappa shape index (κ1) is 19.8. The van der Waals surface area contributed by atoms with E-state index in [1.807, 2.05) is 13.8 Å². The molecule has 2 aromatic carbocycles. The number of aliphatic carboxylic acids is 1. The van der Waals surface area contributed by atoms with Gasteiger partial charge >= 0.3 is 5.97 Å². The molecule has 0 bridgehead atoms. The van der Waals surface area contributed by atoms with E-state index in [4.69, 9.17) is 4.74 Å². The molecule has 3 nitrogen and oxygen atoms in total. The molecule has 0 saturated carbocycles. The molecule has 0 amide bonds. The zero-order valence-electron chi connectivity index (χ0n) is 14.8. The molecule has 0 heterocycles. The lowest BCUT2D eigenvalue weighted by molar-refractivity contribution is -0.155. The molecule has 2 rings (SSSR count). The van der Waals surface area contributed by atoms with E-state index in [0.29, 0.717) is 0 Å². The average Bonchev–Trinajstić information content (AvgIpc) is 2.55. The SMILES string of the molecule is CC(C)CC(C)(Oc1ccc(C(F)(F)c2ccc(F)cc2)cc1)C(=O)O. The lowest BCUT2D eigenvalue weighted by Crippen LogP contribution is -2.42. The number of carboxylic acids is 1. The molecular formula is C20H21F3O3. The van der Waals surface area contributed by atoms with Gasteiger partial charge in [0.25, 0.3) is 5.92 Å². The second kappa shape index (κ2) is 7.40. The molecule has 0 aliphatic carbocycles. The van der Waals surface area contributed by atoms with Crippen molar-refractivity contribution in [3.05, 3.63) is 65.5 Å². The molecule has 140 valence electrons. The number of carboxylic acid groups (broad SMARTS) is 1. The Balaban J connectivity index is 2.24. The second-order valence-electron chi connectivity index (χ2n) is 6.84. The fraction of sp³-hybridized carbons (Fsp3) is 0.350. The van der Waals surface area contributed by atoms with Crippen molar-refractivity contribution < 1.29 is 27.8 Å². The molecule has 0 aliphatic heterocycles. The van der Waals surface area contributed by atoms with Gasteiger partial charge in [-0.2, -0.15) is 8.78 Å². The zero-order valence-corrected chi connectivity index (χ0v) is 14.8. The van der Waals surface area contributed by atoms with Crippen molar-refractivity contribution in [2.45, 2.75) is 38.7 Å². The van der Waals surface area contributed by atoms with Gasteiger partial charge in [-0.15, -0.1) is 0 Å². The highest BCUT2D eigenvalue weighted by molar-refractivity contribution is 5.77. The number of halogens is 3. The third-order valence-corrected chi connectivity index (χ3v) is 4.02. The molecule has 1 unspecified atom stereocenters. The van der Waals surface area contributed by atoms with E-state index >= 15 is 0 Å². The molecule has 26 heavy (non-hydrogen) atoms. The van der Waals surface area contributed by atoms with Crippen LogP contribution in [0.1, 0.15) is 38.3 Å². The van der Waals surface area contributed by atoms with Crippen LogP contribution in [0.15, 0.2) is 48.5 Å². The van der Waals surface area contributed by atoms with Crippen LogP contribution in [0.2, 0.25) is 0 Å². The summed E-state index contributed by atoms with van der Waals surface area (Å²) in [5, 5.41) is 9.42. The Hall–Kier alpha value is -2.50. The molecule has 0 spiro atoms. The normalized spacial score (nSPS) is 14.1. The number of carbonyl (C=O) groups is 1. The first-order valence-electron chi connectivity index (χ1n) is 8.21. The number of ether oxygens (including phenoxy) is 1. The first-order valence-corrected chi connectivity index (χ1v) is 8.21. The highest BCUT2D eigenvalue weighted by Gasteiger charge is 2.37. The number of rotatable bonds is 7. The summed E-state index contributed by atoms with van der Waals surface area (Å²) in [5.41, 5.74) is -2.07. The quantitative estimate of drug-likeness (QED) is 0.729. The number of alkyl halides is 2. The van der Waals surface area contributed by atoms with Crippen LogP contribution in [0.25, 0.3) is 0 Å². The number of hydrogen-bond donors (Lipinski definition) is 1. The minimum atomic E-state index is -3.31. The third-order valence-electron chi connectivity index (χ3n) is 4.02. The molecule has 1 atom stereocenters. The molecule has 0 fully saturated rings. The van der Waals surface area contributed by atoms with Gasteiger partial charge in [0.1, 0.15) is 11.6 Å². The van der Waals surface area contributed by atoms with Gasteiger partial charge < -0.3 is 9.84 Å². The van der Waals surface area contributed by atoms with Gasteiger partial charge in [0.05, 0.1) is 0 Å². The maximum Gasteiger partial charge on any atom is 0.347 e. The standard InChI is InChI=1S/C20H21F3O3/c1-13(2)12-19(3,18(24)25)26-17-10-6-15(7-11-17)20(22,23)14-4-8-16(21)9-5-14/h4-11,13H,12H2,1-3H3,(H,24,25). The van der Waals surface area contributed by atoms with E-state index in [-0.39, 0.29) is 29.2 Å². The fourth-order valence-corrected chi connectivity index (χ4v) is 2.77. The van der Waals surface area contributed by atoms with E-state index in [0.717, 1.165) is 24.3 Å². The maximum atomic E-state index is 14.5. The van der Waals surface area contributed by atoms with Crippen molar-refractivity contribution in [3.8, 4) is 5.75 Å². The third kappa shape index (κ3) is 4.36. The van der Waals surface area contributed by atoms with Gasteiger partial charge in [0.2, 0.25) is 5.60 Å². The lowest BCUT2D eigenvalue weighted by atomic mass is 9.94. The average molecular weight is 366 g/mol. The van der Waals surface area contributed by atoms with Crippen molar-refractivity contribution in [2.24, 2.45) is 5.92 Å². The summed E-state index contributed by atoms with van der Waals surface area (Å²) in [6.07, 6.45) is 0.274. The Bertz CT molecular complexity index is 755. The molecule has 0 aromatic heterocycles. The van der Waals surface area contributed by atoms with E-state index in [1.54, 1.807) is 0 Å². The van der Waals surface area contributed by atoms with Gasteiger partial charge in [-0.3, -0.25) is 0 Å². The second-order valence-corrected chi connectivity index (χ2v) is 6.84. The Kier molecular flexibility index (Phi) is 5.64. The van der Waals surface area contributed by atoms with Crippen LogP contribution in [-0.2, 0) is 10.7 Å². The van der Waals surface area contributed by atoms with Crippen LogP contribution in [-0.4, -0.2) is 16.7 Å². The summed E-state index contributed by atoms with van der Waals surface area (Å²) >= 11 is 0. The van der Waals surface area contributed by atoms with Crippen molar-refractivity contribution in [3.63, 3.8) is 0 Å². The summed E-state index contributed by atoms with van der Waals surface area (Å²) in [5.74, 6) is -4.74. The van der Waals surface area contributed by atoms with Crippen LogP contribution >= 0.6 is 0 Å². The molecule has 2 aromatic rings. The number of benzene rings is 2. The van der Waals surface area contributed by atoms with Crippen LogP contribution in [0.5, 0.6) is 5.75 Å². The Morgan fingerprint density at radius 3 is 1.92 bits per heavy atom. The van der Waals surface area contributed by atoms with Crippen LogP contribution in [0.4, 0.5) is 13.2 Å². The van der Waals surface area contributed by atoms with Crippen LogP contribution in [0, 0.1) is 11.7 Å². The predicted octanol–water partition coefficient (Wildman–Crippen LogP) is 5.23. The Morgan fingerprint density at radius 1 is 1.04 bits per heavy atom. The van der Waals surface area contributed by atoms with Crippen molar-refractivity contribution >= 4 is 5.97 Å². The van der Waals surface area contributed by atoms with Crippen molar-refractivity contribution in [1.82, 2.24) is 0 Å². The molecule has 6 heteroatoms. The Labute approximate surface area is 150 Å². The van der Waals surface area contributed by atoms with E-state index < -0.39 is 23.3 Å². The summed E-state index contributed by atoms with van der Waals surface area (Å²) in [6.45, 7) is 5.20. The summed E-state index contributed by atoms with van der Waals surface area (Å²) in [6, 6.07) is 9.00. The van der Waals surface area contributed by atoms with E-state index in [9.17, 15) is 23.1 Å². The highest BCUT2D eigenvalue weighted by atomic mass is 19.3. The fourth-order valence-electron chi connectivity index (χ4n) is 2.77. The molecular weight excluding hydrogens is 345 g/mol. The topological polar surface area (TPSA) is 46.5 Å². The van der Waals surface area contributed by atoms with Crippen molar-refractivity contribution in [2.75, 3.05) is 0 Å².